The molecule has 6 nitrogen and oxygen atoms in total. The lowest BCUT2D eigenvalue weighted by Crippen LogP contribution is -2.40. The molecule has 0 spiro atoms. The highest BCUT2D eigenvalue weighted by Crippen LogP contribution is 2.40. The molecule has 30 heavy (non-hydrogen) atoms. The summed E-state index contributed by atoms with van der Waals surface area (Å²) >= 11 is 1.39. The lowest BCUT2D eigenvalue weighted by molar-refractivity contribution is 0.0920. The smallest absolute Gasteiger partial charge is 0.266 e. The van der Waals surface area contributed by atoms with Crippen molar-refractivity contribution in [1.29, 1.82) is 0 Å². The Bertz CT molecular complexity index is 1160. The molecule has 1 aliphatic rings. The molecule has 4 rings (SSSR count). The van der Waals surface area contributed by atoms with Crippen LogP contribution in [-0.4, -0.2) is 27.3 Å². The Kier molecular flexibility index (Phi) is 5.10. The van der Waals surface area contributed by atoms with E-state index in [9.17, 15) is 9.59 Å². The van der Waals surface area contributed by atoms with Crippen molar-refractivity contribution in [2.24, 2.45) is 0 Å². The van der Waals surface area contributed by atoms with E-state index in [1.165, 1.54) is 11.3 Å². The minimum absolute atomic E-state index is 0.220. The number of nitrogens with zero attached hydrogens (tertiary/aromatic N) is 2. The molecule has 3 aromatic rings. The van der Waals surface area contributed by atoms with E-state index in [4.69, 9.17) is 4.98 Å². The molecule has 7 heteroatoms. The third-order valence-electron chi connectivity index (χ3n) is 5.05. The molecule has 2 heterocycles. The van der Waals surface area contributed by atoms with E-state index in [1.54, 1.807) is 24.3 Å². The minimum atomic E-state index is -0.369. The molecule has 1 saturated carbocycles. The first-order valence-corrected chi connectivity index (χ1v) is 11.0. The number of carbonyl (C=O) groups excluding carboxylic acids is 2. The van der Waals surface area contributed by atoms with Gasteiger partial charge in [-0.15, -0.1) is 11.3 Å². The number of carbonyl (C=O) groups is 2. The maximum absolute atomic E-state index is 13.1. The summed E-state index contributed by atoms with van der Waals surface area (Å²) < 4.78 is 0. The normalized spacial score (nSPS) is 14.0. The minimum Gasteiger partial charge on any atom is -0.347 e. The van der Waals surface area contributed by atoms with E-state index >= 15 is 0 Å². The van der Waals surface area contributed by atoms with Crippen molar-refractivity contribution in [3.05, 3.63) is 51.8 Å². The van der Waals surface area contributed by atoms with Crippen molar-refractivity contribution in [1.82, 2.24) is 15.3 Å². The molecule has 0 saturated heterocycles. The van der Waals surface area contributed by atoms with Crippen LogP contribution in [0.4, 0.5) is 5.69 Å². The maximum Gasteiger partial charge on any atom is 0.266 e. The SMILES string of the molecule is Cc1nc(C2CC2)nc2sc(C(=O)Nc3ccccc3C(=O)NC(C)(C)C)c(C)c12. The second-order valence-corrected chi connectivity index (χ2v) is 9.88. The van der Waals surface area contributed by atoms with Crippen LogP contribution in [0, 0.1) is 13.8 Å². The van der Waals surface area contributed by atoms with Crippen LogP contribution in [-0.2, 0) is 0 Å². The van der Waals surface area contributed by atoms with Gasteiger partial charge in [0.1, 0.15) is 10.7 Å². The second-order valence-electron chi connectivity index (χ2n) is 8.88. The van der Waals surface area contributed by atoms with Crippen molar-refractivity contribution in [2.75, 3.05) is 5.32 Å². The van der Waals surface area contributed by atoms with E-state index in [0.29, 0.717) is 22.0 Å². The predicted octanol–water partition coefficient (Wildman–Crippen LogP) is 4.97. The first-order valence-electron chi connectivity index (χ1n) is 10.1. The zero-order chi connectivity index (χ0) is 21.6. The number of rotatable bonds is 4. The largest absolute Gasteiger partial charge is 0.347 e. The number of aryl methyl sites for hydroxylation is 2. The summed E-state index contributed by atoms with van der Waals surface area (Å²) in [6.07, 6.45) is 2.27. The molecule has 1 fully saturated rings. The lowest BCUT2D eigenvalue weighted by atomic mass is 10.1. The van der Waals surface area contributed by atoms with Crippen LogP contribution in [0.15, 0.2) is 24.3 Å². The Labute approximate surface area is 180 Å². The van der Waals surface area contributed by atoms with Crippen LogP contribution in [0.1, 0.15) is 76.6 Å². The zero-order valence-electron chi connectivity index (χ0n) is 17.9. The van der Waals surface area contributed by atoms with Crippen LogP contribution >= 0.6 is 11.3 Å². The number of thiophene rings is 1. The fourth-order valence-corrected chi connectivity index (χ4v) is 4.61. The summed E-state index contributed by atoms with van der Waals surface area (Å²) in [4.78, 5) is 36.6. The fourth-order valence-electron chi connectivity index (χ4n) is 3.48. The van der Waals surface area contributed by atoms with E-state index in [1.807, 2.05) is 34.6 Å². The van der Waals surface area contributed by atoms with Crippen LogP contribution in [0.2, 0.25) is 0 Å². The Morgan fingerprint density at radius 2 is 1.77 bits per heavy atom. The molecule has 1 aromatic carbocycles. The van der Waals surface area contributed by atoms with Crippen molar-refractivity contribution in [2.45, 2.75) is 58.9 Å². The first kappa shape index (κ1) is 20.5. The van der Waals surface area contributed by atoms with Crippen molar-refractivity contribution >= 4 is 39.1 Å². The van der Waals surface area contributed by atoms with Gasteiger partial charge < -0.3 is 10.6 Å². The summed E-state index contributed by atoms with van der Waals surface area (Å²) in [6.45, 7) is 9.67. The van der Waals surface area contributed by atoms with Gasteiger partial charge in [-0.05, 0) is 65.2 Å². The summed E-state index contributed by atoms with van der Waals surface area (Å²) in [6, 6.07) is 7.05. The van der Waals surface area contributed by atoms with Gasteiger partial charge in [0, 0.05) is 16.8 Å². The van der Waals surface area contributed by atoms with Gasteiger partial charge in [0.15, 0.2) is 0 Å². The van der Waals surface area contributed by atoms with Crippen LogP contribution < -0.4 is 10.6 Å². The van der Waals surface area contributed by atoms with Crippen LogP contribution in [0.5, 0.6) is 0 Å². The number of hydrogen-bond acceptors (Lipinski definition) is 5. The van der Waals surface area contributed by atoms with Gasteiger partial charge in [0.25, 0.3) is 11.8 Å². The Morgan fingerprint density at radius 3 is 2.43 bits per heavy atom. The molecule has 0 radical (unpaired) electrons. The van der Waals surface area contributed by atoms with E-state index in [0.717, 1.165) is 40.1 Å². The third-order valence-corrected chi connectivity index (χ3v) is 6.23. The molecule has 2 N–H and O–H groups in total. The predicted molar refractivity (Wildman–Crippen MR) is 120 cm³/mol. The Balaban J connectivity index is 1.65. The average molecular weight is 423 g/mol. The molecule has 0 aliphatic heterocycles. The quantitative estimate of drug-likeness (QED) is 0.622. The van der Waals surface area contributed by atoms with Crippen LogP contribution in [0.25, 0.3) is 10.2 Å². The Hall–Kier alpha value is -2.80. The molecule has 0 atom stereocenters. The molecular weight excluding hydrogens is 396 g/mol. The average Bonchev–Trinajstić information content (AvgIpc) is 3.44. The molecule has 1 aliphatic carbocycles. The third kappa shape index (κ3) is 4.07. The molecule has 2 amide bonds. The number of para-hydroxylation sites is 1. The summed E-state index contributed by atoms with van der Waals surface area (Å²) in [7, 11) is 0. The van der Waals surface area contributed by atoms with Gasteiger partial charge in [-0.1, -0.05) is 12.1 Å². The molecule has 156 valence electrons. The number of fused-ring (bicyclic) bond motifs is 1. The van der Waals surface area contributed by atoms with E-state index in [2.05, 4.69) is 15.6 Å². The molecule has 0 unspecified atom stereocenters. The highest BCUT2D eigenvalue weighted by Gasteiger charge is 2.29. The van der Waals surface area contributed by atoms with Gasteiger partial charge in [-0.25, -0.2) is 9.97 Å². The summed E-state index contributed by atoms with van der Waals surface area (Å²) in [5.41, 5.74) is 2.35. The number of benzene rings is 1. The second kappa shape index (κ2) is 7.47. The highest BCUT2D eigenvalue weighted by atomic mass is 32.1. The highest BCUT2D eigenvalue weighted by molar-refractivity contribution is 7.20. The van der Waals surface area contributed by atoms with Gasteiger partial charge in [0.05, 0.1) is 21.8 Å². The van der Waals surface area contributed by atoms with E-state index < -0.39 is 0 Å². The number of hydrogen-bond donors (Lipinski definition) is 2. The molecule has 0 bridgehead atoms. The van der Waals surface area contributed by atoms with E-state index in [-0.39, 0.29) is 17.4 Å². The Morgan fingerprint density at radius 1 is 1.07 bits per heavy atom. The fraction of sp³-hybridized carbons (Fsp3) is 0.391. The van der Waals surface area contributed by atoms with Crippen molar-refractivity contribution < 1.29 is 9.59 Å². The summed E-state index contributed by atoms with van der Waals surface area (Å²) in [5, 5.41) is 6.83. The zero-order valence-corrected chi connectivity index (χ0v) is 18.7. The van der Waals surface area contributed by atoms with Gasteiger partial charge >= 0.3 is 0 Å². The van der Waals surface area contributed by atoms with Gasteiger partial charge in [-0.2, -0.15) is 0 Å². The number of amides is 2. The number of anilines is 1. The molecular formula is C23H26N4O2S. The van der Waals surface area contributed by atoms with Crippen molar-refractivity contribution in [3.8, 4) is 0 Å². The number of nitrogens with one attached hydrogen (secondary N) is 2. The standard InChI is InChI=1S/C23H26N4O2S/c1-12-17-13(2)24-19(14-10-11-14)26-22(17)30-18(12)21(29)25-16-9-7-6-8-15(16)20(28)27-23(3,4)5/h6-9,14H,10-11H2,1-5H3,(H,25,29)(H,27,28). The lowest BCUT2D eigenvalue weighted by Gasteiger charge is -2.21. The first-order chi connectivity index (χ1) is 14.1. The van der Waals surface area contributed by atoms with Crippen molar-refractivity contribution in [3.63, 3.8) is 0 Å². The van der Waals surface area contributed by atoms with Gasteiger partial charge in [0.2, 0.25) is 0 Å². The van der Waals surface area contributed by atoms with Crippen LogP contribution in [0.3, 0.4) is 0 Å². The topological polar surface area (TPSA) is 84.0 Å². The maximum atomic E-state index is 13.1. The monoisotopic (exact) mass is 422 g/mol. The number of aromatic nitrogens is 2. The summed E-state index contributed by atoms with van der Waals surface area (Å²) in [5.74, 6) is 0.888. The molecule has 2 aromatic heterocycles. The van der Waals surface area contributed by atoms with Gasteiger partial charge in [-0.3, -0.25) is 9.59 Å².